The Hall–Kier alpha value is -4.39. The van der Waals surface area contributed by atoms with Crippen molar-refractivity contribution in [3.63, 3.8) is 0 Å². The molecule has 0 atom stereocenters. The first-order valence-electron chi connectivity index (χ1n) is 13.3. The summed E-state index contributed by atoms with van der Waals surface area (Å²) < 4.78 is 27.8. The van der Waals surface area contributed by atoms with Gasteiger partial charge in [-0.2, -0.15) is 0 Å². The molecule has 0 saturated heterocycles. The fraction of sp³-hybridized carbons (Fsp3) is 0.0270. The van der Waals surface area contributed by atoms with Crippen molar-refractivity contribution < 1.29 is 8.78 Å². The standard InChI is InChI=1S/C37H27F2P/c38-31-19-17-29(18-20-31)37-26-32(39)21-22-36(37)30-11-7-9-27(24-30)23-28-10-8-16-35(25-28)40(33-12-3-1-4-13-33)34-14-5-2-6-15-34/h1-22,24-26H,23H2. The highest BCUT2D eigenvalue weighted by molar-refractivity contribution is 7.79. The van der Waals surface area contributed by atoms with Crippen LogP contribution in [-0.4, -0.2) is 0 Å². The van der Waals surface area contributed by atoms with Crippen LogP contribution in [0, 0.1) is 11.6 Å². The Morgan fingerprint density at radius 3 is 1.65 bits per heavy atom. The van der Waals surface area contributed by atoms with Crippen LogP contribution in [0.3, 0.4) is 0 Å². The first-order chi connectivity index (χ1) is 19.6. The molecule has 0 saturated carbocycles. The summed E-state index contributed by atoms with van der Waals surface area (Å²) in [5.74, 6) is -0.626. The summed E-state index contributed by atoms with van der Waals surface area (Å²) >= 11 is 0. The van der Waals surface area contributed by atoms with Crippen LogP contribution >= 0.6 is 7.92 Å². The highest BCUT2D eigenvalue weighted by Crippen LogP contribution is 2.35. The maximum atomic E-state index is 14.3. The summed E-state index contributed by atoms with van der Waals surface area (Å²) in [5, 5.41) is 3.97. The van der Waals surface area contributed by atoms with E-state index in [4.69, 9.17) is 0 Å². The molecule has 0 spiro atoms. The average molecular weight is 541 g/mol. The molecule has 0 bridgehead atoms. The predicted molar refractivity (Wildman–Crippen MR) is 165 cm³/mol. The van der Waals surface area contributed by atoms with Crippen molar-refractivity contribution in [2.24, 2.45) is 0 Å². The third-order valence-electron chi connectivity index (χ3n) is 6.98. The van der Waals surface area contributed by atoms with Crippen LogP contribution in [0.25, 0.3) is 22.3 Å². The van der Waals surface area contributed by atoms with Crippen LogP contribution in [0.2, 0.25) is 0 Å². The van der Waals surface area contributed by atoms with Gasteiger partial charge in [0.05, 0.1) is 0 Å². The van der Waals surface area contributed by atoms with Gasteiger partial charge >= 0.3 is 0 Å². The average Bonchev–Trinajstić information content (AvgIpc) is 2.99. The van der Waals surface area contributed by atoms with E-state index in [1.165, 1.54) is 51.3 Å². The SMILES string of the molecule is Fc1ccc(-c2cc(F)ccc2-c2cccc(Cc3cccc(P(c4ccccc4)c4ccccc4)c3)c2)cc1. The monoisotopic (exact) mass is 540 g/mol. The summed E-state index contributed by atoms with van der Waals surface area (Å²) in [6.07, 6.45) is 0.779. The molecule has 6 aromatic rings. The first-order valence-corrected chi connectivity index (χ1v) is 14.6. The molecule has 0 nitrogen and oxygen atoms in total. The number of rotatable bonds is 7. The van der Waals surface area contributed by atoms with Gasteiger partial charge in [-0.15, -0.1) is 0 Å². The van der Waals surface area contributed by atoms with Crippen molar-refractivity contribution in [1.82, 2.24) is 0 Å². The van der Waals surface area contributed by atoms with Gasteiger partial charge in [0, 0.05) is 0 Å². The van der Waals surface area contributed by atoms with Gasteiger partial charge < -0.3 is 0 Å². The van der Waals surface area contributed by atoms with Crippen molar-refractivity contribution in [3.8, 4) is 22.3 Å². The molecule has 3 heteroatoms. The van der Waals surface area contributed by atoms with Crippen LogP contribution in [0.15, 0.2) is 152 Å². The Bertz CT molecular complexity index is 1690. The molecule has 0 fully saturated rings. The van der Waals surface area contributed by atoms with Gasteiger partial charge in [-0.25, -0.2) is 8.78 Å². The molecule has 0 aliphatic heterocycles. The first kappa shape index (κ1) is 25.9. The molecule has 194 valence electrons. The number of halogens is 2. The van der Waals surface area contributed by atoms with Crippen molar-refractivity contribution >= 4 is 23.8 Å². The van der Waals surface area contributed by atoms with E-state index in [0.717, 1.165) is 28.7 Å². The number of hydrogen-bond acceptors (Lipinski definition) is 0. The normalized spacial score (nSPS) is 11.1. The molecule has 0 amide bonds. The number of hydrogen-bond donors (Lipinski definition) is 0. The Kier molecular flexibility index (Phi) is 7.62. The molecule has 0 aliphatic carbocycles. The van der Waals surface area contributed by atoms with Gasteiger partial charge in [0.25, 0.3) is 0 Å². The van der Waals surface area contributed by atoms with Crippen molar-refractivity contribution in [2.45, 2.75) is 6.42 Å². The van der Waals surface area contributed by atoms with Gasteiger partial charge in [0.2, 0.25) is 0 Å². The molecule has 6 rings (SSSR count). The second kappa shape index (κ2) is 11.8. The van der Waals surface area contributed by atoms with Gasteiger partial charge in [0.15, 0.2) is 0 Å². The third-order valence-corrected chi connectivity index (χ3v) is 9.40. The Labute approximate surface area is 235 Å². The largest absolute Gasteiger partial charge is 0.207 e. The topological polar surface area (TPSA) is 0 Å². The molecule has 0 unspecified atom stereocenters. The summed E-state index contributed by atoms with van der Waals surface area (Å²) in [5.41, 5.74) is 5.86. The van der Waals surface area contributed by atoms with E-state index < -0.39 is 7.92 Å². The predicted octanol–water partition coefficient (Wildman–Crippen LogP) is 8.65. The molecule has 40 heavy (non-hydrogen) atoms. The van der Waals surface area contributed by atoms with Gasteiger partial charge in [-0.3, -0.25) is 0 Å². The Morgan fingerprint density at radius 1 is 0.400 bits per heavy atom. The lowest BCUT2D eigenvalue weighted by Gasteiger charge is -2.20. The molecule has 0 aromatic heterocycles. The van der Waals surface area contributed by atoms with E-state index >= 15 is 0 Å². The van der Waals surface area contributed by atoms with Crippen molar-refractivity contribution in [2.75, 3.05) is 0 Å². The van der Waals surface area contributed by atoms with Crippen LogP contribution in [0.1, 0.15) is 11.1 Å². The quantitative estimate of drug-likeness (QED) is 0.178. The van der Waals surface area contributed by atoms with Gasteiger partial charge in [-0.05, 0) is 87.9 Å². The summed E-state index contributed by atoms with van der Waals surface area (Å²) in [4.78, 5) is 0. The molecular formula is C37H27F2P. The summed E-state index contributed by atoms with van der Waals surface area (Å²) in [6.45, 7) is 0. The second-order valence-corrected chi connectivity index (χ2v) is 12.0. The lowest BCUT2D eigenvalue weighted by molar-refractivity contribution is 0.627. The summed E-state index contributed by atoms with van der Waals surface area (Å²) in [6, 6.07) is 49.8. The smallest absolute Gasteiger partial charge is 0.123 e. The van der Waals surface area contributed by atoms with Crippen LogP contribution in [0.5, 0.6) is 0 Å². The summed E-state index contributed by atoms with van der Waals surface area (Å²) in [7, 11) is -0.677. The van der Waals surface area contributed by atoms with E-state index in [2.05, 4.69) is 97.1 Å². The van der Waals surface area contributed by atoms with Crippen LogP contribution in [0.4, 0.5) is 8.78 Å². The van der Waals surface area contributed by atoms with E-state index in [1.54, 1.807) is 18.2 Å². The Balaban J connectivity index is 1.34. The maximum Gasteiger partial charge on any atom is 0.123 e. The zero-order chi connectivity index (χ0) is 27.3. The third kappa shape index (κ3) is 5.78. The minimum absolute atomic E-state index is 0.311. The van der Waals surface area contributed by atoms with E-state index in [9.17, 15) is 8.78 Å². The lowest BCUT2D eigenvalue weighted by atomic mass is 9.92. The van der Waals surface area contributed by atoms with Gasteiger partial charge in [0.1, 0.15) is 11.6 Å². The maximum absolute atomic E-state index is 14.3. The molecule has 0 N–H and O–H groups in total. The van der Waals surface area contributed by atoms with E-state index in [0.29, 0.717) is 0 Å². The molecule has 0 aliphatic rings. The zero-order valence-corrected chi connectivity index (χ0v) is 22.7. The number of benzene rings is 6. The van der Waals surface area contributed by atoms with Crippen molar-refractivity contribution in [3.05, 3.63) is 174 Å². The van der Waals surface area contributed by atoms with E-state index in [1.807, 2.05) is 12.1 Å². The van der Waals surface area contributed by atoms with Crippen LogP contribution in [-0.2, 0) is 6.42 Å². The highest BCUT2D eigenvalue weighted by atomic mass is 31.1. The van der Waals surface area contributed by atoms with Crippen molar-refractivity contribution in [1.29, 1.82) is 0 Å². The lowest BCUT2D eigenvalue weighted by Crippen LogP contribution is -2.20. The van der Waals surface area contributed by atoms with Gasteiger partial charge in [-0.1, -0.05) is 127 Å². The highest BCUT2D eigenvalue weighted by Gasteiger charge is 2.17. The van der Waals surface area contributed by atoms with E-state index in [-0.39, 0.29) is 11.6 Å². The minimum Gasteiger partial charge on any atom is -0.207 e. The minimum atomic E-state index is -0.677. The molecule has 0 radical (unpaired) electrons. The zero-order valence-electron chi connectivity index (χ0n) is 21.8. The Morgan fingerprint density at radius 2 is 0.975 bits per heavy atom. The fourth-order valence-corrected chi connectivity index (χ4v) is 7.49. The second-order valence-electron chi connectivity index (χ2n) is 9.75. The molecule has 0 heterocycles. The van der Waals surface area contributed by atoms with Crippen LogP contribution < -0.4 is 15.9 Å². The molecular weight excluding hydrogens is 513 g/mol. The molecule has 6 aromatic carbocycles. The fourth-order valence-electron chi connectivity index (χ4n) is 5.13.